The zero-order valence-corrected chi connectivity index (χ0v) is 15.6. The highest BCUT2D eigenvalue weighted by molar-refractivity contribution is 5.89. The number of esters is 1. The summed E-state index contributed by atoms with van der Waals surface area (Å²) in [6.45, 7) is 5.56. The summed E-state index contributed by atoms with van der Waals surface area (Å²) in [4.78, 5) is 29.2. The number of ether oxygens (including phenoxy) is 1. The lowest BCUT2D eigenvalue weighted by atomic mass is 10.1. The maximum Gasteiger partial charge on any atom is 0.337 e. The molecule has 0 aromatic heterocycles. The van der Waals surface area contributed by atoms with Gasteiger partial charge in [0.25, 0.3) is 0 Å². The van der Waals surface area contributed by atoms with Gasteiger partial charge in [-0.2, -0.15) is 0 Å². The molecule has 0 atom stereocenters. The van der Waals surface area contributed by atoms with Gasteiger partial charge in [0.2, 0.25) is 5.91 Å². The molecule has 1 rings (SSSR count). The van der Waals surface area contributed by atoms with Gasteiger partial charge in [-0.05, 0) is 23.6 Å². The van der Waals surface area contributed by atoms with E-state index in [0.717, 1.165) is 12.1 Å². The highest BCUT2D eigenvalue weighted by atomic mass is 16.5. The highest BCUT2D eigenvalue weighted by Gasteiger charge is 2.07. The third kappa shape index (κ3) is 7.69. The molecule has 0 aliphatic rings. The fourth-order valence-electron chi connectivity index (χ4n) is 1.83. The maximum atomic E-state index is 11.7. The number of benzene rings is 1. The van der Waals surface area contributed by atoms with Crippen molar-refractivity contribution in [2.45, 2.75) is 20.4 Å². The first-order chi connectivity index (χ1) is 11.8. The third-order valence-corrected chi connectivity index (χ3v) is 3.38. The summed E-state index contributed by atoms with van der Waals surface area (Å²) in [5, 5.41) is 6.26. The molecule has 0 radical (unpaired) electrons. The Morgan fingerprint density at radius 3 is 2.32 bits per heavy atom. The number of carbonyl (C=O) groups is 2. The van der Waals surface area contributed by atoms with Crippen molar-refractivity contribution in [2.75, 3.05) is 34.3 Å². The van der Waals surface area contributed by atoms with Gasteiger partial charge in [-0.25, -0.2) is 9.79 Å². The maximum absolute atomic E-state index is 11.7. The summed E-state index contributed by atoms with van der Waals surface area (Å²) in [5.41, 5.74) is 1.46. The third-order valence-electron chi connectivity index (χ3n) is 3.38. The molecule has 0 saturated heterocycles. The molecule has 1 aromatic carbocycles. The summed E-state index contributed by atoms with van der Waals surface area (Å²) in [7, 11) is 4.78. The number of methoxy groups -OCH3 is 1. The van der Waals surface area contributed by atoms with Crippen molar-refractivity contribution in [1.82, 2.24) is 15.5 Å². The van der Waals surface area contributed by atoms with Crippen LogP contribution in [0.1, 0.15) is 29.8 Å². The molecule has 0 aliphatic heterocycles. The molecule has 7 heteroatoms. The van der Waals surface area contributed by atoms with Gasteiger partial charge in [-0.1, -0.05) is 26.0 Å². The first-order valence-electron chi connectivity index (χ1n) is 8.23. The second kappa shape index (κ2) is 10.3. The van der Waals surface area contributed by atoms with Gasteiger partial charge < -0.3 is 20.3 Å². The first kappa shape index (κ1) is 20.5. The van der Waals surface area contributed by atoms with Crippen molar-refractivity contribution in [2.24, 2.45) is 10.9 Å². The van der Waals surface area contributed by atoms with Crippen molar-refractivity contribution in [3.8, 4) is 0 Å². The molecule has 2 N–H and O–H groups in total. The number of amides is 1. The van der Waals surface area contributed by atoms with Gasteiger partial charge in [0.05, 0.1) is 25.8 Å². The van der Waals surface area contributed by atoms with Gasteiger partial charge in [0.15, 0.2) is 5.96 Å². The molecule has 1 aromatic rings. The Bertz CT molecular complexity index is 595. The molecule has 25 heavy (non-hydrogen) atoms. The molecule has 0 unspecified atom stereocenters. The van der Waals surface area contributed by atoms with Crippen molar-refractivity contribution in [3.63, 3.8) is 0 Å². The molecule has 0 saturated carbocycles. The zero-order chi connectivity index (χ0) is 18.8. The van der Waals surface area contributed by atoms with E-state index in [-0.39, 0.29) is 18.4 Å². The number of aliphatic imine (C=N–C) groups is 1. The van der Waals surface area contributed by atoms with Crippen LogP contribution in [0, 0.1) is 5.92 Å². The fourth-order valence-corrected chi connectivity index (χ4v) is 1.83. The Morgan fingerprint density at radius 2 is 1.80 bits per heavy atom. The summed E-state index contributed by atoms with van der Waals surface area (Å²) in [6.07, 6.45) is 0. The first-order valence-corrected chi connectivity index (χ1v) is 8.23. The Hall–Kier alpha value is -2.57. The minimum atomic E-state index is -0.363. The summed E-state index contributed by atoms with van der Waals surface area (Å²) in [6, 6.07) is 7.09. The van der Waals surface area contributed by atoms with E-state index in [4.69, 9.17) is 0 Å². The number of nitrogens with zero attached hydrogens (tertiary/aromatic N) is 2. The van der Waals surface area contributed by atoms with E-state index in [1.54, 1.807) is 26.2 Å². The van der Waals surface area contributed by atoms with Gasteiger partial charge in [-0.15, -0.1) is 0 Å². The Balaban J connectivity index is 2.72. The fraction of sp³-hybridized carbons (Fsp3) is 0.500. The second-order valence-corrected chi connectivity index (χ2v) is 6.27. The van der Waals surface area contributed by atoms with Crippen molar-refractivity contribution in [3.05, 3.63) is 35.4 Å². The minimum Gasteiger partial charge on any atom is -0.465 e. The standard InChI is InChI=1S/C18H28N4O3/c1-13(2)10-19-18(21-12-16(23)22(3)4)20-11-14-6-8-15(9-7-14)17(24)25-5/h6-9,13H,10-12H2,1-5H3,(H2,19,20,21). The summed E-state index contributed by atoms with van der Waals surface area (Å²) >= 11 is 0. The van der Waals surface area contributed by atoms with E-state index in [1.807, 2.05) is 12.1 Å². The molecule has 0 bridgehead atoms. The molecule has 7 nitrogen and oxygen atoms in total. The van der Waals surface area contributed by atoms with Gasteiger partial charge >= 0.3 is 5.97 Å². The number of nitrogens with one attached hydrogen (secondary N) is 2. The number of rotatable bonds is 7. The molecule has 0 fully saturated rings. The predicted octanol–water partition coefficient (Wildman–Crippen LogP) is 1.25. The number of carbonyl (C=O) groups excluding carboxylic acids is 2. The molecule has 0 aliphatic carbocycles. The van der Waals surface area contributed by atoms with Crippen LogP contribution < -0.4 is 10.6 Å². The average molecular weight is 348 g/mol. The SMILES string of the molecule is COC(=O)c1ccc(CN=C(NCC(=O)N(C)C)NCC(C)C)cc1. The predicted molar refractivity (Wildman–Crippen MR) is 98.5 cm³/mol. The summed E-state index contributed by atoms with van der Waals surface area (Å²) in [5.74, 6) is 0.650. The van der Waals surface area contributed by atoms with E-state index in [1.165, 1.54) is 12.0 Å². The van der Waals surface area contributed by atoms with Crippen molar-refractivity contribution >= 4 is 17.8 Å². The van der Waals surface area contributed by atoms with Gasteiger partial charge in [0.1, 0.15) is 0 Å². The van der Waals surface area contributed by atoms with Crippen LogP contribution in [0.15, 0.2) is 29.3 Å². The van der Waals surface area contributed by atoms with Crippen LogP contribution in [-0.4, -0.2) is 57.0 Å². The van der Waals surface area contributed by atoms with Crippen LogP contribution in [0.2, 0.25) is 0 Å². The molecule has 1 amide bonds. The molecule has 0 spiro atoms. The van der Waals surface area contributed by atoms with Crippen LogP contribution in [0.4, 0.5) is 0 Å². The number of hydrogen-bond acceptors (Lipinski definition) is 4. The number of hydrogen-bond donors (Lipinski definition) is 2. The van der Waals surface area contributed by atoms with Crippen LogP contribution in [-0.2, 0) is 16.1 Å². The average Bonchev–Trinajstić information content (AvgIpc) is 2.60. The van der Waals surface area contributed by atoms with Crippen LogP contribution in [0.25, 0.3) is 0 Å². The van der Waals surface area contributed by atoms with Gasteiger partial charge in [0, 0.05) is 20.6 Å². The van der Waals surface area contributed by atoms with E-state index in [0.29, 0.717) is 24.0 Å². The Morgan fingerprint density at radius 1 is 1.16 bits per heavy atom. The topological polar surface area (TPSA) is 83.0 Å². The minimum absolute atomic E-state index is 0.0264. The van der Waals surface area contributed by atoms with Crippen molar-refractivity contribution in [1.29, 1.82) is 0 Å². The quantitative estimate of drug-likeness (QED) is 0.440. The lowest BCUT2D eigenvalue weighted by Gasteiger charge is -2.16. The Labute approximate surface area is 149 Å². The largest absolute Gasteiger partial charge is 0.465 e. The van der Waals surface area contributed by atoms with E-state index < -0.39 is 0 Å². The molecule has 138 valence electrons. The molecular weight excluding hydrogens is 320 g/mol. The Kier molecular flexibility index (Phi) is 8.46. The normalized spacial score (nSPS) is 11.2. The van der Waals surface area contributed by atoms with Crippen LogP contribution >= 0.6 is 0 Å². The van der Waals surface area contributed by atoms with Crippen LogP contribution in [0.3, 0.4) is 0 Å². The summed E-state index contributed by atoms with van der Waals surface area (Å²) < 4.78 is 4.68. The lowest BCUT2D eigenvalue weighted by Crippen LogP contribution is -2.44. The van der Waals surface area contributed by atoms with E-state index >= 15 is 0 Å². The number of guanidine groups is 1. The molecule has 0 heterocycles. The van der Waals surface area contributed by atoms with Crippen molar-refractivity contribution < 1.29 is 14.3 Å². The highest BCUT2D eigenvalue weighted by Crippen LogP contribution is 2.07. The van der Waals surface area contributed by atoms with Crippen LogP contribution in [0.5, 0.6) is 0 Å². The van der Waals surface area contributed by atoms with Gasteiger partial charge in [-0.3, -0.25) is 4.79 Å². The smallest absolute Gasteiger partial charge is 0.337 e. The monoisotopic (exact) mass is 348 g/mol. The zero-order valence-electron chi connectivity index (χ0n) is 15.6. The second-order valence-electron chi connectivity index (χ2n) is 6.27. The number of likely N-dealkylation sites (N-methyl/N-ethyl adjacent to an activating group) is 1. The molecular formula is C18H28N4O3. The lowest BCUT2D eigenvalue weighted by molar-refractivity contribution is -0.127. The van der Waals surface area contributed by atoms with E-state index in [2.05, 4.69) is 34.2 Å². The van der Waals surface area contributed by atoms with E-state index in [9.17, 15) is 9.59 Å².